The summed E-state index contributed by atoms with van der Waals surface area (Å²) in [4.78, 5) is 4.09. The Labute approximate surface area is 124 Å². The van der Waals surface area contributed by atoms with Gasteiger partial charge < -0.3 is 0 Å². The van der Waals surface area contributed by atoms with Gasteiger partial charge in [-0.2, -0.15) is 5.26 Å². The third-order valence-corrected chi connectivity index (χ3v) is 4.61. The number of sulfonamides is 1. The number of nitriles is 1. The van der Waals surface area contributed by atoms with Gasteiger partial charge in [0.05, 0.1) is 17.4 Å². The number of aromatic nitrogens is 1. The minimum Gasteiger partial charge on any atom is -0.265 e. The lowest BCUT2D eigenvalue weighted by molar-refractivity contribution is 0.567. The Bertz CT molecular complexity index is 735. The molecule has 108 valence electrons. The van der Waals surface area contributed by atoms with E-state index in [1.807, 2.05) is 6.07 Å². The number of nitrogens with one attached hydrogen (secondary N) is 1. The monoisotopic (exact) mass is 301 g/mol. The Kier molecular flexibility index (Phi) is 4.68. The summed E-state index contributed by atoms with van der Waals surface area (Å²) in [5, 5.41) is 8.61. The van der Waals surface area contributed by atoms with Gasteiger partial charge in [-0.15, -0.1) is 0 Å². The molecular formula is C15H15N3O2S. The second-order valence-corrected chi connectivity index (χ2v) is 6.32. The summed E-state index contributed by atoms with van der Waals surface area (Å²) >= 11 is 0. The third kappa shape index (κ3) is 3.88. The zero-order chi connectivity index (χ0) is 15.3. The van der Waals surface area contributed by atoms with Gasteiger partial charge in [0.25, 0.3) is 0 Å². The SMILES string of the molecule is CC(NS(=O)(=O)c1ccc(CC#N)cc1)c1ccncc1. The number of hydrogen-bond acceptors (Lipinski definition) is 4. The summed E-state index contributed by atoms with van der Waals surface area (Å²) in [6.45, 7) is 1.77. The first-order chi connectivity index (χ1) is 10.0. The molecule has 1 N–H and O–H groups in total. The van der Waals surface area contributed by atoms with Crippen LogP contribution in [0.4, 0.5) is 0 Å². The van der Waals surface area contributed by atoms with Crippen molar-refractivity contribution < 1.29 is 8.42 Å². The maximum atomic E-state index is 12.3. The maximum Gasteiger partial charge on any atom is 0.241 e. The molecule has 0 spiro atoms. The molecule has 0 radical (unpaired) electrons. The van der Waals surface area contributed by atoms with Crippen LogP contribution in [0, 0.1) is 11.3 Å². The fourth-order valence-corrected chi connectivity index (χ4v) is 3.13. The highest BCUT2D eigenvalue weighted by Gasteiger charge is 2.18. The Balaban J connectivity index is 2.17. The summed E-state index contributed by atoms with van der Waals surface area (Å²) in [6.07, 6.45) is 3.51. The summed E-state index contributed by atoms with van der Waals surface area (Å²) in [5.41, 5.74) is 1.63. The molecule has 6 heteroatoms. The van der Waals surface area contributed by atoms with E-state index in [9.17, 15) is 8.42 Å². The zero-order valence-corrected chi connectivity index (χ0v) is 12.3. The molecule has 21 heavy (non-hydrogen) atoms. The van der Waals surface area contributed by atoms with Crippen LogP contribution in [-0.2, 0) is 16.4 Å². The summed E-state index contributed by atoms with van der Waals surface area (Å²) in [6, 6.07) is 11.5. The van der Waals surface area contributed by atoms with E-state index in [0.717, 1.165) is 11.1 Å². The van der Waals surface area contributed by atoms with Crippen LogP contribution in [0.25, 0.3) is 0 Å². The number of nitrogens with zero attached hydrogens (tertiary/aromatic N) is 2. The van der Waals surface area contributed by atoms with Gasteiger partial charge in [-0.25, -0.2) is 13.1 Å². The Morgan fingerprint density at radius 1 is 1.19 bits per heavy atom. The lowest BCUT2D eigenvalue weighted by Gasteiger charge is -2.14. The number of pyridine rings is 1. The van der Waals surface area contributed by atoms with Gasteiger partial charge >= 0.3 is 0 Å². The van der Waals surface area contributed by atoms with Crippen molar-refractivity contribution >= 4 is 10.0 Å². The molecule has 0 aliphatic heterocycles. The van der Waals surface area contributed by atoms with E-state index in [0.29, 0.717) is 0 Å². The van der Waals surface area contributed by atoms with Gasteiger partial charge in [-0.1, -0.05) is 12.1 Å². The zero-order valence-electron chi connectivity index (χ0n) is 11.5. The fraction of sp³-hybridized carbons (Fsp3) is 0.200. The van der Waals surface area contributed by atoms with Crippen LogP contribution in [-0.4, -0.2) is 13.4 Å². The minimum atomic E-state index is -3.59. The van der Waals surface area contributed by atoms with Crippen LogP contribution < -0.4 is 4.72 Å². The molecule has 0 bridgehead atoms. The van der Waals surface area contributed by atoms with Crippen molar-refractivity contribution in [2.45, 2.75) is 24.3 Å². The van der Waals surface area contributed by atoms with Gasteiger partial charge in [0.15, 0.2) is 0 Å². The molecule has 2 aromatic rings. The highest BCUT2D eigenvalue weighted by Crippen LogP contribution is 2.16. The molecule has 0 saturated carbocycles. The highest BCUT2D eigenvalue weighted by atomic mass is 32.2. The summed E-state index contributed by atoms with van der Waals surface area (Å²) in [7, 11) is -3.59. The Morgan fingerprint density at radius 3 is 2.38 bits per heavy atom. The molecule has 1 aromatic heterocycles. The summed E-state index contributed by atoms with van der Waals surface area (Å²) in [5.74, 6) is 0. The second-order valence-electron chi connectivity index (χ2n) is 4.60. The Hall–Kier alpha value is -2.23. The number of rotatable bonds is 5. The molecule has 2 rings (SSSR count). The molecule has 0 amide bonds. The lowest BCUT2D eigenvalue weighted by Crippen LogP contribution is -2.26. The van der Waals surface area contributed by atoms with Crippen molar-refractivity contribution in [3.05, 3.63) is 59.9 Å². The van der Waals surface area contributed by atoms with E-state index < -0.39 is 10.0 Å². The molecule has 5 nitrogen and oxygen atoms in total. The molecule has 0 aliphatic rings. The van der Waals surface area contributed by atoms with Gasteiger partial charge in [0.1, 0.15) is 0 Å². The predicted molar refractivity (Wildman–Crippen MR) is 78.7 cm³/mol. The van der Waals surface area contributed by atoms with Gasteiger partial charge in [-0.3, -0.25) is 4.98 Å². The molecule has 0 fully saturated rings. The predicted octanol–water partition coefficient (Wildman–Crippen LogP) is 2.19. The van der Waals surface area contributed by atoms with Crippen LogP contribution in [0.3, 0.4) is 0 Å². The van der Waals surface area contributed by atoms with Crippen molar-refractivity contribution in [3.8, 4) is 6.07 Å². The average Bonchev–Trinajstić information content (AvgIpc) is 2.48. The number of benzene rings is 1. The van der Waals surface area contributed by atoms with E-state index in [-0.39, 0.29) is 17.4 Å². The van der Waals surface area contributed by atoms with E-state index in [1.54, 1.807) is 43.6 Å². The van der Waals surface area contributed by atoms with Crippen molar-refractivity contribution in [1.82, 2.24) is 9.71 Å². The molecule has 0 saturated heterocycles. The van der Waals surface area contributed by atoms with E-state index in [2.05, 4.69) is 9.71 Å². The second kappa shape index (κ2) is 6.48. The smallest absolute Gasteiger partial charge is 0.241 e. The normalized spacial score (nSPS) is 12.6. The van der Waals surface area contributed by atoms with Crippen LogP contribution in [0.1, 0.15) is 24.1 Å². The maximum absolute atomic E-state index is 12.3. The molecular weight excluding hydrogens is 286 g/mol. The standard InChI is InChI=1S/C15H15N3O2S/c1-12(14-7-10-17-11-8-14)18-21(19,20)15-4-2-13(3-5-15)6-9-16/h2-5,7-8,10-12,18H,6H2,1H3. The fourth-order valence-electron chi connectivity index (χ4n) is 1.90. The first kappa shape index (κ1) is 15.2. The van der Waals surface area contributed by atoms with Gasteiger partial charge in [0.2, 0.25) is 10.0 Å². The topological polar surface area (TPSA) is 82.9 Å². The molecule has 1 heterocycles. The average molecular weight is 301 g/mol. The largest absolute Gasteiger partial charge is 0.265 e. The van der Waals surface area contributed by atoms with Crippen LogP contribution in [0.15, 0.2) is 53.7 Å². The van der Waals surface area contributed by atoms with Crippen LogP contribution in [0.5, 0.6) is 0 Å². The minimum absolute atomic E-state index is 0.185. The molecule has 1 aromatic carbocycles. The summed E-state index contributed by atoms with van der Waals surface area (Å²) < 4.78 is 27.2. The van der Waals surface area contributed by atoms with Crippen molar-refractivity contribution in [3.63, 3.8) is 0 Å². The van der Waals surface area contributed by atoms with Crippen LogP contribution >= 0.6 is 0 Å². The Morgan fingerprint density at radius 2 is 1.81 bits per heavy atom. The molecule has 0 aliphatic carbocycles. The quantitative estimate of drug-likeness (QED) is 0.917. The van der Waals surface area contributed by atoms with Crippen molar-refractivity contribution in [2.75, 3.05) is 0 Å². The number of hydrogen-bond donors (Lipinski definition) is 1. The van der Waals surface area contributed by atoms with Crippen LogP contribution in [0.2, 0.25) is 0 Å². The lowest BCUT2D eigenvalue weighted by atomic mass is 10.1. The van der Waals surface area contributed by atoms with Gasteiger partial charge in [-0.05, 0) is 42.3 Å². The first-order valence-corrected chi connectivity index (χ1v) is 7.89. The van der Waals surface area contributed by atoms with E-state index in [4.69, 9.17) is 5.26 Å². The van der Waals surface area contributed by atoms with E-state index in [1.165, 1.54) is 12.1 Å². The third-order valence-electron chi connectivity index (χ3n) is 3.05. The molecule has 1 unspecified atom stereocenters. The molecule has 1 atom stereocenters. The van der Waals surface area contributed by atoms with Crippen molar-refractivity contribution in [2.24, 2.45) is 0 Å². The first-order valence-electron chi connectivity index (χ1n) is 6.41. The van der Waals surface area contributed by atoms with E-state index >= 15 is 0 Å². The highest BCUT2D eigenvalue weighted by molar-refractivity contribution is 7.89. The van der Waals surface area contributed by atoms with Gasteiger partial charge in [0, 0.05) is 18.4 Å². The van der Waals surface area contributed by atoms with Crippen molar-refractivity contribution in [1.29, 1.82) is 5.26 Å².